The van der Waals surface area contributed by atoms with Crippen LogP contribution in [0.15, 0.2) is 36.5 Å². The number of anilines is 4. The highest BCUT2D eigenvalue weighted by Gasteiger charge is 2.19. The molecule has 1 aromatic heterocycles. The minimum atomic E-state index is -3.82. The number of amides is 1. The summed E-state index contributed by atoms with van der Waals surface area (Å²) in [7, 11) is 0.620. The van der Waals surface area contributed by atoms with Crippen molar-refractivity contribution in [3.63, 3.8) is 0 Å². The molecule has 0 spiro atoms. The number of nitrogens with one attached hydrogen (secondary N) is 3. The summed E-state index contributed by atoms with van der Waals surface area (Å²) in [4.78, 5) is 19.1. The Labute approximate surface area is 219 Å². The highest BCUT2D eigenvalue weighted by atomic mass is 32.2. The van der Waals surface area contributed by atoms with Crippen LogP contribution in [-0.4, -0.2) is 52.2 Å². The average molecular weight is 549 g/mol. The molecule has 0 aliphatic heterocycles. The number of halogens is 1. The van der Waals surface area contributed by atoms with E-state index in [9.17, 15) is 17.6 Å². The number of hydrogen-bond donors (Lipinski definition) is 4. The van der Waals surface area contributed by atoms with Crippen LogP contribution in [0, 0.1) is 12.7 Å². The largest absolute Gasteiger partial charge is 0.493 e. The first kappa shape index (κ1) is 28.4. The highest BCUT2D eigenvalue weighted by Crippen LogP contribution is 2.40. The average Bonchev–Trinajstić information content (AvgIpc) is 2.87. The third kappa shape index (κ3) is 7.20. The first-order valence-electron chi connectivity index (χ1n) is 11.3. The van der Waals surface area contributed by atoms with Gasteiger partial charge in [-0.15, -0.1) is 0 Å². The van der Waals surface area contributed by atoms with Crippen LogP contribution in [-0.2, 0) is 20.6 Å². The zero-order valence-electron chi connectivity index (χ0n) is 21.3. The number of rotatable bonds is 13. The maximum Gasteiger partial charge on any atom is 0.229 e. The van der Waals surface area contributed by atoms with Gasteiger partial charge in [-0.3, -0.25) is 4.79 Å². The van der Waals surface area contributed by atoms with E-state index in [1.165, 1.54) is 21.3 Å². The molecule has 0 radical (unpaired) electrons. The number of nitrogens with two attached hydrogens (primary N) is 1. The Morgan fingerprint density at radius 2 is 1.76 bits per heavy atom. The molecule has 12 nitrogen and oxygen atoms in total. The van der Waals surface area contributed by atoms with Crippen LogP contribution < -0.4 is 35.3 Å². The molecule has 0 aliphatic carbocycles. The fourth-order valence-electron chi connectivity index (χ4n) is 3.51. The molecule has 1 amide bonds. The molecule has 0 saturated heterocycles. The minimum Gasteiger partial charge on any atom is -0.493 e. The van der Waals surface area contributed by atoms with Gasteiger partial charge in [0.1, 0.15) is 0 Å². The maximum atomic E-state index is 14.7. The summed E-state index contributed by atoms with van der Waals surface area (Å²) in [5, 5.41) is 5.83. The summed E-state index contributed by atoms with van der Waals surface area (Å²) < 4.78 is 58.2. The summed E-state index contributed by atoms with van der Waals surface area (Å²) in [6.45, 7) is 1.61. The summed E-state index contributed by atoms with van der Waals surface area (Å²) in [6, 6.07) is 8.30. The zero-order valence-corrected chi connectivity index (χ0v) is 22.1. The molecule has 0 atom stereocenters. The molecule has 38 heavy (non-hydrogen) atoms. The van der Waals surface area contributed by atoms with Gasteiger partial charge in [0.25, 0.3) is 0 Å². The number of aryl methyl sites for hydroxylation is 1. The van der Waals surface area contributed by atoms with E-state index >= 15 is 0 Å². The van der Waals surface area contributed by atoms with Crippen molar-refractivity contribution in [2.45, 2.75) is 19.1 Å². The van der Waals surface area contributed by atoms with Crippen molar-refractivity contribution >= 4 is 39.1 Å². The van der Waals surface area contributed by atoms with Gasteiger partial charge in [-0.2, -0.15) is 4.98 Å². The number of methoxy groups -OCH3 is 3. The lowest BCUT2D eigenvalue weighted by atomic mass is 10.1. The lowest BCUT2D eigenvalue weighted by Gasteiger charge is -2.16. The Hall–Kier alpha value is -4.17. The molecule has 3 aromatic rings. The summed E-state index contributed by atoms with van der Waals surface area (Å²) in [5.74, 6) is -0.733. The number of benzene rings is 2. The van der Waals surface area contributed by atoms with Crippen LogP contribution in [0.4, 0.5) is 27.5 Å². The van der Waals surface area contributed by atoms with Gasteiger partial charge in [-0.05, 0) is 24.1 Å². The molecule has 0 bridgehead atoms. The van der Waals surface area contributed by atoms with Crippen molar-refractivity contribution < 1.29 is 31.8 Å². The number of sulfonamides is 1. The number of ether oxygens (including phenoxy) is 3. The third-order valence-electron chi connectivity index (χ3n) is 5.36. The molecule has 1 heterocycles. The van der Waals surface area contributed by atoms with E-state index in [4.69, 9.17) is 19.9 Å². The molecule has 0 fully saturated rings. The quantitative estimate of drug-likeness (QED) is 0.249. The summed E-state index contributed by atoms with van der Waals surface area (Å²) in [6.07, 6.45) is 0.846. The molecule has 2 aromatic carbocycles. The highest BCUT2D eigenvalue weighted by molar-refractivity contribution is 7.88. The normalized spacial score (nSPS) is 11.1. The van der Waals surface area contributed by atoms with E-state index < -0.39 is 27.5 Å². The number of hydrogen-bond acceptors (Lipinski definition) is 10. The van der Waals surface area contributed by atoms with Crippen molar-refractivity contribution in [3.8, 4) is 17.2 Å². The van der Waals surface area contributed by atoms with E-state index in [1.54, 1.807) is 37.3 Å². The number of nitrogens with zero attached hydrogens (tertiary/aromatic N) is 2. The van der Waals surface area contributed by atoms with Crippen molar-refractivity contribution in [2.24, 2.45) is 5.73 Å². The Bertz CT molecular complexity index is 1390. The van der Waals surface area contributed by atoms with Gasteiger partial charge in [0.2, 0.25) is 27.6 Å². The molecular weight excluding hydrogens is 519 g/mol. The first-order chi connectivity index (χ1) is 18.1. The predicted molar refractivity (Wildman–Crippen MR) is 140 cm³/mol. The number of carbonyl (C=O) groups excluding carboxylic acids is 1. The predicted octanol–water partition coefficient (Wildman–Crippen LogP) is 2.73. The van der Waals surface area contributed by atoms with E-state index in [1.807, 2.05) is 0 Å². The van der Waals surface area contributed by atoms with Gasteiger partial charge in [0, 0.05) is 36.5 Å². The fourth-order valence-corrected chi connectivity index (χ4v) is 4.79. The van der Waals surface area contributed by atoms with Gasteiger partial charge in [-0.1, -0.05) is 12.1 Å². The lowest BCUT2D eigenvalue weighted by Crippen LogP contribution is -2.29. The minimum absolute atomic E-state index is 0.0538. The molecule has 0 unspecified atom stereocenters. The van der Waals surface area contributed by atoms with Crippen molar-refractivity contribution in [1.29, 1.82) is 0 Å². The van der Waals surface area contributed by atoms with Gasteiger partial charge < -0.3 is 30.6 Å². The van der Waals surface area contributed by atoms with Gasteiger partial charge in [0.15, 0.2) is 23.1 Å². The van der Waals surface area contributed by atoms with Crippen LogP contribution in [0.3, 0.4) is 0 Å². The Kier molecular flexibility index (Phi) is 9.25. The smallest absolute Gasteiger partial charge is 0.229 e. The molecular formula is C24H29FN6O6S. The second-order valence-electron chi connectivity index (χ2n) is 8.02. The Morgan fingerprint density at radius 1 is 1.08 bits per heavy atom. The van der Waals surface area contributed by atoms with Crippen molar-refractivity contribution in [2.75, 3.05) is 38.5 Å². The van der Waals surface area contributed by atoms with Gasteiger partial charge >= 0.3 is 0 Å². The molecule has 0 aliphatic rings. The van der Waals surface area contributed by atoms with E-state index in [0.717, 1.165) is 6.20 Å². The van der Waals surface area contributed by atoms with Crippen LogP contribution in [0.1, 0.15) is 17.5 Å². The van der Waals surface area contributed by atoms with Crippen LogP contribution in [0.2, 0.25) is 0 Å². The second-order valence-corrected chi connectivity index (χ2v) is 9.83. The standard InChI is InChI=1S/C24H29FN6O6S/c1-14-6-5-7-18(16(14)13-38(33,34)28-9-8-21(26)32)30-23-17(25)12-27-24(31-23)29-15-10-19(35-2)22(37-4)20(11-15)36-3/h5-7,10-12,28H,8-9,13H2,1-4H3,(H2,26,32)(H2,27,29,30,31). The number of primary amides is 1. The Balaban J connectivity index is 1.88. The second kappa shape index (κ2) is 12.4. The van der Waals surface area contributed by atoms with Crippen molar-refractivity contribution in [3.05, 3.63) is 53.5 Å². The zero-order chi connectivity index (χ0) is 27.9. The van der Waals surface area contributed by atoms with E-state index in [0.29, 0.717) is 39.8 Å². The van der Waals surface area contributed by atoms with Crippen molar-refractivity contribution in [1.82, 2.24) is 14.7 Å². The van der Waals surface area contributed by atoms with Crippen LogP contribution >= 0.6 is 0 Å². The lowest BCUT2D eigenvalue weighted by molar-refractivity contribution is -0.117. The van der Waals surface area contributed by atoms with Gasteiger partial charge in [-0.25, -0.2) is 22.5 Å². The molecule has 3 rings (SSSR count). The number of aromatic nitrogens is 2. The third-order valence-corrected chi connectivity index (χ3v) is 6.67. The fraction of sp³-hybridized carbons (Fsp3) is 0.292. The van der Waals surface area contributed by atoms with Gasteiger partial charge in [0.05, 0.1) is 33.3 Å². The SMILES string of the molecule is COc1cc(Nc2ncc(F)c(Nc3cccc(C)c3CS(=O)(=O)NCCC(N)=O)n2)cc(OC)c1OC. The van der Waals surface area contributed by atoms with Crippen LogP contribution in [0.5, 0.6) is 17.2 Å². The monoisotopic (exact) mass is 548 g/mol. The summed E-state index contributed by atoms with van der Waals surface area (Å²) in [5.41, 5.74) is 6.95. The molecule has 5 N–H and O–H groups in total. The Morgan fingerprint density at radius 3 is 2.37 bits per heavy atom. The number of carbonyl (C=O) groups is 1. The molecule has 204 valence electrons. The first-order valence-corrected chi connectivity index (χ1v) is 12.9. The summed E-state index contributed by atoms with van der Waals surface area (Å²) >= 11 is 0. The molecule has 14 heteroatoms. The van der Waals surface area contributed by atoms with E-state index in [2.05, 4.69) is 25.3 Å². The van der Waals surface area contributed by atoms with E-state index in [-0.39, 0.29) is 24.7 Å². The molecule has 0 saturated carbocycles. The maximum absolute atomic E-state index is 14.7. The topological polar surface area (TPSA) is 167 Å². The van der Waals surface area contributed by atoms with Crippen LogP contribution in [0.25, 0.3) is 0 Å².